The zero-order valence-corrected chi connectivity index (χ0v) is 10.1. The molecule has 0 bridgehead atoms. The number of carbonyl (C=O) groups is 1. The van der Waals surface area contributed by atoms with E-state index in [1.165, 1.54) is 0 Å². The number of ketones is 1. The van der Waals surface area contributed by atoms with Crippen LogP contribution in [0.5, 0.6) is 5.75 Å². The van der Waals surface area contributed by atoms with Gasteiger partial charge in [-0.05, 0) is 24.5 Å². The Hall–Kier alpha value is -1.35. The fourth-order valence-electron chi connectivity index (χ4n) is 1.66. The van der Waals surface area contributed by atoms with Crippen LogP contribution < -0.4 is 10.5 Å². The lowest BCUT2D eigenvalue weighted by atomic mass is 9.96. The number of carbonyl (C=O) groups excluding carboxylic acids is 1. The van der Waals surface area contributed by atoms with Crippen molar-refractivity contribution in [3.8, 4) is 5.75 Å². The summed E-state index contributed by atoms with van der Waals surface area (Å²) in [6, 6.07) is 6.73. The normalized spacial score (nSPS) is 12.6. The van der Waals surface area contributed by atoms with Crippen LogP contribution in [0.1, 0.15) is 30.6 Å². The molecule has 0 aliphatic heterocycles. The van der Waals surface area contributed by atoms with Crippen LogP contribution in [0.2, 0.25) is 0 Å². The first kappa shape index (κ1) is 12.7. The van der Waals surface area contributed by atoms with Gasteiger partial charge in [0.05, 0.1) is 18.7 Å². The quantitative estimate of drug-likeness (QED) is 0.776. The molecule has 2 N–H and O–H groups in total. The van der Waals surface area contributed by atoms with Crippen LogP contribution >= 0.6 is 0 Å². The number of hydrogen-bond acceptors (Lipinski definition) is 3. The standard InChI is InChI=1S/C13H19NO2/c1-9(2)8-11(14)13(15)10-6-4-5-7-12(10)16-3/h4-7,9,11H,8,14H2,1-3H3. The average molecular weight is 221 g/mol. The summed E-state index contributed by atoms with van der Waals surface area (Å²) in [4.78, 5) is 12.1. The fourth-order valence-corrected chi connectivity index (χ4v) is 1.66. The van der Waals surface area contributed by atoms with Gasteiger partial charge in [-0.3, -0.25) is 4.79 Å². The van der Waals surface area contributed by atoms with E-state index in [1.807, 2.05) is 12.1 Å². The Morgan fingerprint density at radius 1 is 1.38 bits per heavy atom. The summed E-state index contributed by atoms with van der Waals surface area (Å²) in [5.41, 5.74) is 6.44. The van der Waals surface area contributed by atoms with Crippen molar-refractivity contribution >= 4 is 5.78 Å². The summed E-state index contributed by atoms with van der Waals surface area (Å²) in [7, 11) is 1.56. The third kappa shape index (κ3) is 3.07. The number of para-hydroxylation sites is 1. The van der Waals surface area contributed by atoms with Crippen LogP contribution in [0.3, 0.4) is 0 Å². The molecule has 1 rings (SSSR count). The molecule has 0 radical (unpaired) electrons. The smallest absolute Gasteiger partial charge is 0.183 e. The molecule has 88 valence electrons. The monoisotopic (exact) mass is 221 g/mol. The van der Waals surface area contributed by atoms with E-state index in [0.29, 0.717) is 23.7 Å². The Balaban J connectivity index is 2.87. The van der Waals surface area contributed by atoms with Gasteiger partial charge in [0.25, 0.3) is 0 Å². The minimum absolute atomic E-state index is 0.0499. The zero-order chi connectivity index (χ0) is 12.1. The molecule has 0 aliphatic carbocycles. The Morgan fingerprint density at radius 3 is 2.56 bits per heavy atom. The van der Waals surface area contributed by atoms with Gasteiger partial charge >= 0.3 is 0 Å². The maximum absolute atomic E-state index is 12.1. The molecular weight excluding hydrogens is 202 g/mol. The molecule has 0 heterocycles. The van der Waals surface area contributed by atoms with Crippen molar-refractivity contribution in [3.63, 3.8) is 0 Å². The van der Waals surface area contributed by atoms with Crippen molar-refractivity contribution < 1.29 is 9.53 Å². The minimum Gasteiger partial charge on any atom is -0.496 e. The summed E-state index contributed by atoms with van der Waals surface area (Å²) < 4.78 is 5.15. The van der Waals surface area contributed by atoms with Crippen LogP contribution in [0.25, 0.3) is 0 Å². The molecule has 3 nitrogen and oxygen atoms in total. The molecule has 0 spiro atoms. The highest BCUT2D eigenvalue weighted by Gasteiger charge is 2.19. The first-order valence-corrected chi connectivity index (χ1v) is 5.49. The second kappa shape index (κ2) is 5.66. The van der Waals surface area contributed by atoms with Gasteiger partial charge in [0.2, 0.25) is 0 Å². The number of rotatable bonds is 5. The SMILES string of the molecule is COc1ccccc1C(=O)C(N)CC(C)C. The summed E-state index contributed by atoms with van der Waals surface area (Å²) in [5, 5.41) is 0. The molecule has 1 unspecified atom stereocenters. The van der Waals surface area contributed by atoms with Gasteiger partial charge in [0, 0.05) is 0 Å². The van der Waals surface area contributed by atoms with E-state index in [-0.39, 0.29) is 5.78 Å². The molecule has 3 heteroatoms. The Bertz CT molecular complexity index is 361. The lowest BCUT2D eigenvalue weighted by molar-refractivity contribution is 0.0948. The lowest BCUT2D eigenvalue weighted by Gasteiger charge is -2.14. The van der Waals surface area contributed by atoms with Gasteiger partial charge < -0.3 is 10.5 Å². The predicted molar refractivity (Wildman–Crippen MR) is 64.8 cm³/mol. The van der Waals surface area contributed by atoms with E-state index in [4.69, 9.17) is 10.5 Å². The largest absolute Gasteiger partial charge is 0.496 e. The molecule has 0 amide bonds. The molecule has 0 aromatic heterocycles. The average Bonchev–Trinajstić information content (AvgIpc) is 2.27. The number of Topliss-reactive ketones (excluding diaryl/α,β-unsaturated/α-hetero) is 1. The third-order valence-electron chi connectivity index (χ3n) is 2.43. The third-order valence-corrected chi connectivity index (χ3v) is 2.43. The van der Waals surface area contributed by atoms with Crippen molar-refractivity contribution in [2.45, 2.75) is 26.3 Å². The molecular formula is C13H19NO2. The zero-order valence-electron chi connectivity index (χ0n) is 10.1. The van der Waals surface area contributed by atoms with E-state index in [1.54, 1.807) is 19.2 Å². The summed E-state index contributed by atoms with van der Waals surface area (Å²) in [5.74, 6) is 0.950. The number of benzene rings is 1. The molecule has 0 fully saturated rings. The van der Waals surface area contributed by atoms with Gasteiger partial charge in [-0.25, -0.2) is 0 Å². The highest BCUT2D eigenvalue weighted by Crippen LogP contribution is 2.20. The fraction of sp³-hybridized carbons (Fsp3) is 0.462. The Kier molecular flexibility index (Phi) is 4.50. The maximum atomic E-state index is 12.1. The lowest BCUT2D eigenvalue weighted by Crippen LogP contribution is -2.32. The highest BCUT2D eigenvalue weighted by molar-refractivity contribution is 6.02. The molecule has 0 aliphatic rings. The van der Waals surface area contributed by atoms with Crippen LogP contribution in [-0.4, -0.2) is 18.9 Å². The number of nitrogens with two attached hydrogens (primary N) is 1. The van der Waals surface area contributed by atoms with Gasteiger partial charge in [-0.15, -0.1) is 0 Å². The highest BCUT2D eigenvalue weighted by atomic mass is 16.5. The topological polar surface area (TPSA) is 52.3 Å². The number of hydrogen-bond donors (Lipinski definition) is 1. The Morgan fingerprint density at radius 2 is 2.00 bits per heavy atom. The van der Waals surface area contributed by atoms with Crippen molar-refractivity contribution in [2.24, 2.45) is 11.7 Å². The molecule has 1 aromatic rings. The van der Waals surface area contributed by atoms with Gasteiger partial charge in [0.15, 0.2) is 5.78 Å². The minimum atomic E-state index is -0.448. The summed E-state index contributed by atoms with van der Waals surface area (Å²) in [6.07, 6.45) is 0.691. The summed E-state index contributed by atoms with van der Waals surface area (Å²) in [6.45, 7) is 4.10. The molecule has 1 atom stereocenters. The number of ether oxygens (including phenoxy) is 1. The first-order valence-electron chi connectivity index (χ1n) is 5.49. The molecule has 16 heavy (non-hydrogen) atoms. The first-order chi connectivity index (χ1) is 7.56. The van der Waals surface area contributed by atoms with E-state index in [2.05, 4.69) is 13.8 Å². The van der Waals surface area contributed by atoms with Crippen LogP contribution in [0.4, 0.5) is 0 Å². The van der Waals surface area contributed by atoms with Gasteiger partial charge in [0.1, 0.15) is 5.75 Å². The molecule has 0 saturated heterocycles. The van der Waals surface area contributed by atoms with Crippen LogP contribution in [0, 0.1) is 5.92 Å². The summed E-state index contributed by atoms with van der Waals surface area (Å²) >= 11 is 0. The molecule has 1 aromatic carbocycles. The van der Waals surface area contributed by atoms with E-state index in [9.17, 15) is 4.79 Å². The van der Waals surface area contributed by atoms with Crippen LogP contribution in [-0.2, 0) is 0 Å². The number of methoxy groups -OCH3 is 1. The van der Waals surface area contributed by atoms with Crippen molar-refractivity contribution in [1.82, 2.24) is 0 Å². The predicted octanol–water partition coefficient (Wildman–Crippen LogP) is 2.25. The van der Waals surface area contributed by atoms with Gasteiger partial charge in [-0.2, -0.15) is 0 Å². The van der Waals surface area contributed by atoms with Crippen molar-refractivity contribution in [1.29, 1.82) is 0 Å². The second-order valence-electron chi connectivity index (χ2n) is 4.30. The Labute approximate surface area is 96.6 Å². The van der Waals surface area contributed by atoms with E-state index < -0.39 is 6.04 Å². The van der Waals surface area contributed by atoms with E-state index >= 15 is 0 Å². The van der Waals surface area contributed by atoms with Crippen molar-refractivity contribution in [2.75, 3.05) is 7.11 Å². The maximum Gasteiger partial charge on any atom is 0.183 e. The van der Waals surface area contributed by atoms with Gasteiger partial charge in [-0.1, -0.05) is 26.0 Å². The molecule has 0 saturated carbocycles. The van der Waals surface area contributed by atoms with E-state index in [0.717, 1.165) is 0 Å². The second-order valence-corrected chi connectivity index (χ2v) is 4.30. The van der Waals surface area contributed by atoms with Crippen LogP contribution in [0.15, 0.2) is 24.3 Å². The van der Waals surface area contributed by atoms with Crippen molar-refractivity contribution in [3.05, 3.63) is 29.8 Å².